The first kappa shape index (κ1) is 31.9. The van der Waals surface area contributed by atoms with Crippen LogP contribution in [0.4, 0.5) is 0 Å². The Hall–Kier alpha value is -1.33. The van der Waals surface area contributed by atoms with Crippen molar-refractivity contribution in [1.29, 1.82) is 0 Å². The van der Waals surface area contributed by atoms with Crippen molar-refractivity contribution in [2.75, 3.05) is 0 Å². The summed E-state index contributed by atoms with van der Waals surface area (Å²) in [5.41, 5.74) is 5.40. The summed E-state index contributed by atoms with van der Waals surface area (Å²) < 4.78 is 5.86. The molecular formula is C30H50O5Si2. The highest BCUT2D eigenvalue weighted by atomic mass is 28.5. The minimum atomic E-state index is -4.76. The predicted molar refractivity (Wildman–Crippen MR) is 158 cm³/mol. The van der Waals surface area contributed by atoms with Gasteiger partial charge in [-0.1, -0.05) is 107 Å². The molecule has 0 atom stereocenters. The van der Waals surface area contributed by atoms with Gasteiger partial charge in [0.2, 0.25) is 0 Å². The van der Waals surface area contributed by atoms with Crippen molar-refractivity contribution in [3.05, 3.63) is 57.6 Å². The van der Waals surface area contributed by atoms with Gasteiger partial charge in [-0.2, -0.15) is 0 Å². The average Bonchev–Trinajstić information content (AvgIpc) is 2.75. The van der Waals surface area contributed by atoms with E-state index in [0.29, 0.717) is 10.4 Å². The monoisotopic (exact) mass is 546 g/mol. The first-order chi connectivity index (χ1) is 16.8. The minimum Gasteiger partial charge on any atom is -0.387 e. The van der Waals surface area contributed by atoms with Gasteiger partial charge in [0.1, 0.15) is 0 Å². The fraction of sp³-hybridized carbons (Fsp3) is 0.600. The maximum Gasteiger partial charge on any atom is 0.525 e. The Morgan fingerprint density at radius 2 is 0.649 bits per heavy atom. The van der Waals surface area contributed by atoms with E-state index in [2.05, 4.69) is 27.7 Å². The van der Waals surface area contributed by atoms with Crippen LogP contribution < -0.4 is 10.4 Å². The second kappa shape index (κ2) is 11.8. The molecule has 0 saturated heterocycles. The third-order valence-electron chi connectivity index (χ3n) is 7.20. The molecule has 0 saturated carbocycles. The quantitative estimate of drug-likeness (QED) is 0.300. The Morgan fingerprint density at radius 3 is 0.811 bits per heavy atom. The number of benzene rings is 2. The summed E-state index contributed by atoms with van der Waals surface area (Å²) in [4.78, 5) is 46.6. The Kier molecular flexibility index (Phi) is 10.2. The molecule has 0 heterocycles. The van der Waals surface area contributed by atoms with Crippen LogP contribution in [0.5, 0.6) is 0 Å². The highest BCUT2D eigenvalue weighted by Gasteiger charge is 2.53. The zero-order chi connectivity index (χ0) is 28.6. The van der Waals surface area contributed by atoms with E-state index in [-0.39, 0.29) is 35.5 Å². The second-order valence-electron chi connectivity index (χ2n) is 12.4. The normalized spacial score (nSPS) is 13.4. The largest absolute Gasteiger partial charge is 0.525 e. The highest BCUT2D eigenvalue weighted by molar-refractivity contribution is 6.86. The third kappa shape index (κ3) is 7.01. The molecule has 2 aromatic carbocycles. The zero-order valence-electron chi connectivity index (χ0n) is 25.0. The summed E-state index contributed by atoms with van der Waals surface area (Å²) >= 11 is 0. The highest BCUT2D eigenvalue weighted by Crippen LogP contribution is 2.31. The van der Waals surface area contributed by atoms with Crippen LogP contribution in [-0.2, 0) is 4.12 Å². The van der Waals surface area contributed by atoms with E-state index in [1.807, 2.05) is 79.7 Å². The van der Waals surface area contributed by atoms with Crippen molar-refractivity contribution in [1.82, 2.24) is 0 Å². The van der Waals surface area contributed by atoms with E-state index in [9.17, 15) is 19.2 Å². The molecule has 0 aliphatic rings. The zero-order valence-corrected chi connectivity index (χ0v) is 27.0. The van der Waals surface area contributed by atoms with Crippen molar-refractivity contribution in [3.63, 3.8) is 0 Å². The van der Waals surface area contributed by atoms with Crippen LogP contribution in [0.3, 0.4) is 0 Å². The standard InChI is InChI=1S/C30H50O5Si2/c1-17(2)23-13-25(19(5)6)29(26(14-23)20(7)8)36(31,32)35-37(33,34)30-27(21(9)10)15-24(18(3)4)16-28(30)22(11)12/h13-22,31-34H,1-12H3. The van der Waals surface area contributed by atoms with Crippen molar-refractivity contribution < 1.29 is 23.3 Å². The van der Waals surface area contributed by atoms with E-state index in [1.54, 1.807) is 0 Å². The van der Waals surface area contributed by atoms with Gasteiger partial charge in [-0.05, 0) is 68.9 Å². The lowest BCUT2D eigenvalue weighted by Crippen LogP contribution is -2.67. The van der Waals surface area contributed by atoms with E-state index < -0.39 is 17.6 Å². The van der Waals surface area contributed by atoms with Crippen molar-refractivity contribution in [2.24, 2.45) is 0 Å². The molecule has 37 heavy (non-hydrogen) atoms. The first-order valence-corrected chi connectivity index (χ1v) is 17.4. The van der Waals surface area contributed by atoms with Crippen LogP contribution in [0, 0.1) is 0 Å². The summed E-state index contributed by atoms with van der Waals surface area (Å²) in [6.45, 7) is 24.6. The van der Waals surface area contributed by atoms with Gasteiger partial charge >= 0.3 is 17.6 Å². The molecular weight excluding hydrogens is 496 g/mol. The van der Waals surface area contributed by atoms with Crippen LogP contribution in [-0.4, -0.2) is 36.8 Å². The molecule has 4 N–H and O–H groups in total. The van der Waals surface area contributed by atoms with E-state index in [4.69, 9.17) is 4.12 Å². The summed E-state index contributed by atoms with van der Waals surface area (Å²) in [6.07, 6.45) is 0. The van der Waals surface area contributed by atoms with Gasteiger partial charge in [0.05, 0.1) is 0 Å². The Morgan fingerprint density at radius 1 is 0.432 bits per heavy atom. The molecule has 0 amide bonds. The number of rotatable bonds is 10. The third-order valence-corrected chi connectivity index (χ3v) is 11.9. The summed E-state index contributed by atoms with van der Waals surface area (Å²) in [5.74, 6) is 0.525. The molecule has 0 unspecified atom stereocenters. The molecule has 0 aromatic heterocycles. The smallest absolute Gasteiger partial charge is 0.387 e. The lowest BCUT2D eigenvalue weighted by Gasteiger charge is -2.34. The van der Waals surface area contributed by atoms with Gasteiger partial charge in [0.25, 0.3) is 0 Å². The molecule has 0 bridgehead atoms. The van der Waals surface area contributed by atoms with Crippen LogP contribution >= 0.6 is 0 Å². The average molecular weight is 547 g/mol. The Balaban J connectivity index is 2.82. The molecule has 7 heteroatoms. The summed E-state index contributed by atoms with van der Waals surface area (Å²) in [7, 11) is -9.52. The minimum absolute atomic E-state index is 0.00259. The molecule has 2 aromatic rings. The van der Waals surface area contributed by atoms with Crippen molar-refractivity contribution in [2.45, 2.75) is 119 Å². The van der Waals surface area contributed by atoms with Crippen molar-refractivity contribution >= 4 is 28.0 Å². The molecule has 0 aliphatic heterocycles. The predicted octanol–water partition coefficient (Wildman–Crippen LogP) is 5.40. The maximum absolute atomic E-state index is 11.7. The van der Waals surface area contributed by atoms with E-state index in [0.717, 1.165) is 33.4 Å². The van der Waals surface area contributed by atoms with E-state index >= 15 is 0 Å². The molecule has 0 spiro atoms. The van der Waals surface area contributed by atoms with Gasteiger partial charge in [-0.3, -0.25) is 0 Å². The van der Waals surface area contributed by atoms with Gasteiger partial charge in [0.15, 0.2) is 0 Å². The van der Waals surface area contributed by atoms with Crippen molar-refractivity contribution in [3.8, 4) is 0 Å². The second-order valence-corrected chi connectivity index (χ2v) is 16.6. The summed E-state index contributed by atoms with van der Waals surface area (Å²) in [6, 6.07) is 8.07. The number of hydrogen-bond acceptors (Lipinski definition) is 5. The molecule has 0 aliphatic carbocycles. The topological polar surface area (TPSA) is 90.2 Å². The Labute approximate surface area is 227 Å². The fourth-order valence-corrected chi connectivity index (χ4v) is 10.3. The fourth-order valence-electron chi connectivity index (χ4n) is 4.96. The van der Waals surface area contributed by atoms with Gasteiger partial charge in [-0.15, -0.1) is 0 Å². The van der Waals surface area contributed by atoms with Crippen LogP contribution in [0.1, 0.15) is 152 Å². The lowest BCUT2D eigenvalue weighted by atomic mass is 9.89. The van der Waals surface area contributed by atoms with Crippen LogP contribution in [0.25, 0.3) is 0 Å². The maximum atomic E-state index is 11.7. The number of hydrogen-bond donors (Lipinski definition) is 4. The molecule has 0 fully saturated rings. The van der Waals surface area contributed by atoms with Gasteiger partial charge in [-0.25, -0.2) is 0 Å². The van der Waals surface area contributed by atoms with Crippen LogP contribution in [0.15, 0.2) is 24.3 Å². The molecule has 2 rings (SSSR count). The van der Waals surface area contributed by atoms with Gasteiger partial charge in [0, 0.05) is 10.4 Å². The molecule has 0 radical (unpaired) electrons. The SMILES string of the molecule is CC(C)c1cc(C(C)C)c([Si](O)(O)O[Si](O)(O)c2c(C(C)C)cc(C(C)C)cc2C(C)C)c(C(C)C)c1. The van der Waals surface area contributed by atoms with Gasteiger partial charge < -0.3 is 23.3 Å². The lowest BCUT2D eigenvalue weighted by molar-refractivity contribution is 0.178. The van der Waals surface area contributed by atoms with E-state index in [1.165, 1.54) is 0 Å². The molecule has 208 valence electrons. The first-order valence-electron chi connectivity index (χ1n) is 13.8. The molecule has 5 nitrogen and oxygen atoms in total. The summed E-state index contributed by atoms with van der Waals surface area (Å²) in [5, 5.41) is 0.690. The van der Waals surface area contributed by atoms with Crippen LogP contribution in [0.2, 0.25) is 0 Å². The Bertz CT molecular complexity index is 942.